The van der Waals surface area contributed by atoms with Gasteiger partial charge in [-0.15, -0.1) is 0 Å². The third-order valence-corrected chi connectivity index (χ3v) is 3.91. The van der Waals surface area contributed by atoms with Crippen LogP contribution in [0.4, 0.5) is 9.59 Å². The first-order valence-corrected chi connectivity index (χ1v) is 7.59. The summed E-state index contributed by atoms with van der Waals surface area (Å²) in [6.07, 6.45) is -0.762. The van der Waals surface area contributed by atoms with Gasteiger partial charge in [0.25, 0.3) is 5.91 Å². The third-order valence-electron chi connectivity index (χ3n) is 3.91. The Morgan fingerprint density at radius 2 is 2.00 bits per heavy atom. The zero-order chi connectivity index (χ0) is 18.6. The predicted octanol–water partition coefficient (Wildman–Crippen LogP) is 0.648. The molecule has 0 radical (unpaired) electrons. The second kappa shape index (κ2) is 7.65. The van der Waals surface area contributed by atoms with Crippen molar-refractivity contribution >= 4 is 24.0 Å². The van der Waals surface area contributed by atoms with Gasteiger partial charge in [-0.1, -0.05) is 30.3 Å². The number of nitrogens with zero attached hydrogens (tertiary/aromatic N) is 2. The highest BCUT2D eigenvalue weighted by molar-refractivity contribution is 6.04. The van der Waals surface area contributed by atoms with Gasteiger partial charge in [0.2, 0.25) is 0 Å². The highest BCUT2D eigenvalue weighted by atomic mass is 16.5. The van der Waals surface area contributed by atoms with Crippen LogP contribution in [0, 0.1) is 0 Å². The quantitative estimate of drug-likeness (QED) is 0.754. The van der Waals surface area contributed by atoms with Gasteiger partial charge < -0.3 is 20.1 Å². The van der Waals surface area contributed by atoms with Crippen molar-refractivity contribution in [2.45, 2.75) is 25.6 Å². The highest BCUT2D eigenvalue weighted by Gasteiger charge is 2.44. The van der Waals surface area contributed by atoms with Gasteiger partial charge in [0.15, 0.2) is 0 Å². The Balaban J connectivity index is 1.79. The van der Waals surface area contributed by atoms with Gasteiger partial charge >= 0.3 is 18.1 Å². The fourth-order valence-electron chi connectivity index (χ4n) is 2.13. The molecule has 9 nitrogen and oxygen atoms in total. The molecule has 2 atom stereocenters. The first-order valence-electron chi connectivity index (χ1n) is 7.59. The molecule has 1 aliphatic heterocycles. The molecule has 1 aliphatic rings. The number of carbonyl (C=O) groups excluding carboxylic acids is 3. The molecule has 9 heteroatoms. The van der Waals surface area contributed by atoms with Crippen molar-refractivity contribution in [3.63, 3.8) is 0 Å². The number of carbonyl (C=O) groups is 4. The normalized spacial score (nSPS) is 17.3. The molecular formula is C16H19N3O6. The lowest BCUT2D eigenvalue weighted by Gasteiger charge is -2.39. The van der Waals surface area contributed by atoms with E-state index in [0.717, 1.165) is 15.4 Å². The van der Waals surface area contributed by atoms with E-state index in [1.54, 1.807) is 12.1 Å². The van der Waals surface area contributed by atoms with Crippen LogP contribution < -0.4 is 5.32 Å². The molecule has 1 saturated heterocycles. The van der Waals surface area contributed by atoms with E-state index in [0.29, 0.717) is 0 Å². The Bertz CT molecular complexity index is 678. The maximum absolute atomic E-state index is 12.0. The van der Waals surface area contributed by atoms with E-state index >= 15 is 0 Å². The van der Waals surface area contributed by atoms with Gasteiger partial charge in [-0.05, 0) is 12.5 Å². The summed E-state index contributed by atoms with van der Waals surface area (Å²) in [4.78, 5) is 48.4. The van der Waals surface area contributed by atoms with Gasteiger partial charge in [-0.25, -0.2) is 14.4 Å². The Morgan fingerprint density at radius 1 is 1.36 bits per heavy atom. The molecule has 0 aliphatic carbocycles. The van der Waals surface area contributed by atoms with E-state index in [1.165, 1.54) is 14.0 Å². The van der Waals surface area contributed by atoms with Crippen LogP contribution in [-0.4, -0.2) is 64.6 Å². The van der Waals surface area contributed by atoms with Gasteiger partial charge in [-0.2, -0.15) is 0 Å². The third kappa shape index (κ3) is 4.25. The van der Waals surface area contributed by atoms with Crippen LogP contribution >= 0.6 is 0 Å². The van der Waals surface area contributed by atoms with Crippen molar-refractivity contribution < 1.29 is 29.0 Å². The molecule has 2 N–H and O–H groups in total. The lowest BCUT2D eigenvalue weighted by Crippen LogP contribution is -2.67. The molecule has 134 valence electrons. The number of hydrogen-bond acceptors (Lipinski definition) is 5. The van der Waals surface area contributed by atoms with Crippen LogP contribution in [0.1, 0.15) is 12.5 Å². The lowest BCUT2D eigenvalue weighted by atomic mass is 10.1. The van der Waals surface area contributed by atoms with E-state index in [1.807, 2.05) is 18.2 Å². The van der Waals surface area contributed by atoms with Crippen LogP contribution in [0.2, 0.25) is 0 Å². The number of hydrogen-bond donors (Lipinski definition) is 2. The molecule has 1 unspecified atom stereocenters. The molecule has 0 saturated carbocycles. The monoisotopic (exact) mass is 349 g/mol. The molecule has 1 heterocycles. The number of imide groups is 1. The average molecular weight is 349 g/mol. The lowest BCUT2D eigenvalue weighted by molar-refractivity contribution is -0.144. The van der Waals surface area contributed by atoms with Crippen LogP contribution in [0.3, 0.4) is 0 Å². The Hall–Kier alpha value is -3.10. The fourth-order valence-corrected chi connectivity index (χ4v) is 2.13. The van der Waals surface area contributed by atoms with Gasteiger partial charge in [0.05, 0.1) is 6.54 Å². The number of β-lactam (4-membered cyclic amide) rings is 1. The van der Waals surface area contributed by atoms with Crippen LogP contribution in [-0.2, 0) is 20.9 Å². The molecule has 0 aromatic heterocycles. The second-order valence-electron chi connectivity index (χ2n) is 5.62. The minimum absolute atomic E-state index is 0.0330. The molecular weight excluding hydrogens is 330 g/mol. The van der Waals surface area contributed by atoms with Crippen LogP contribution in [0.25, 0.3) is 0 Å². The number of benzene rings is 1. The maximum atomic E-state index is 12.0. The minimum atomic E-state index is -1.18. The van der Waals surface area contributed by atoms with Crippen molar-refractivity contribution in [1.29, 1.82) is 0 Å². The van der Waals surface area contributed by atoms with Crippen molar-refractivity contribution in [2.75, 3.05) is 13.6 Å². The number of likely N-dealkylation sites (N-methyl/N-ethyl adjacent to an activating group) is 1. The highest BCUT2D eigenvalue weighted by Crippen LogP contribution is 2.14. The number of nitrogens with one attached hydrogen (secondary N) is 1. The predicted molar refractivity (Wildman–Crippen MR) is 85.5 cm³/mol. The largest absolute Gasteiger partial charge is 0.480 e. The van der Waals surface area contributed by atoms with E-state index in [-0.39, 0.29) is 13.2 Å². The topological polar surface area (TPSA) is 116 Å². The Morgan fingerprint density at radius 3 is 2.56 bits per heavy atom. The van der Waals surface area contributed by atoms with E-state index in [2.05, 4.69) is 5.32 Å². The van der Waals surface area contributed by atoms with Crippen molar-refractivity contribution in [2.24, 2.45) is 0 Å². The number of ether oxygens (including phenoxy) is 1. The minimum Gasteiger partial charge on any atom is -0.480 e. The molecule has 1 aromatic rings. The number of urea groups is 1. The number of carboxylic acids is 1. The SMILES string of the molecule is C[C@@H](C(=O)O)N(C)C(=O)N1CC(NC(=O)OCc2ccccc2)C1=O. The average Bonchev–Trinajstić information content (AvgIpc) is 2.61. The molecule has 0 bridgehead atoms. The molecule has 2 rings (SSSR count). The van der Waals surface area contributed by atoms with Gasteiger partial charge in [-0.3, -0.25) is 9.69 Å². The van der Waals surface area contributed by atoms with Crippen molar-refractivity contribution in [3.8, 4) is 0 Å². The summed E-state index contributed by atoms with van der Waals surface area (Å²) in [6, 6.07) is 6.39. The number of alkyl carbamates (subject to hydrolysis) is 1. The Labute approximate surface area is 144 Å². The van der Waals surface area contributed by atoms with Crippen LogP contribution in [0.5, 0.6) is 0 Å². The van der Waals surface area contributed by atoms with Crippen LogP contribution in [0.15, 0.2) is 30.3 Å². The summed E-state index contributed by atoms with van der Waals surface area (Å²) in [7, 11) is 1.29. The maximum Gasteiger partial charge on any atom is 0.408 e. The van der Waals surface area contributed by atoms with Gasteiger partial charge in [0.1, 0.15) is 18.7 Å². The van der Waals surface area contributed by atoms with E-state index < -0.39 is 36.1 Å². The molecule has 25 heavy (non-hydrogen) atoms. The van der Waals surface area contributed by atoms with E-state index in [4.69, 9.17) is 9.84 Å². The summed E-state index contributed by atoms with van der Waals surface area (Å²) in [5.74, 6) is -1.78. The molecule has 4 amide bonds. The van der Waals surface area contributed by atoms with Crippen molar-refractivity contribution in [3.05, 3.63) is 35.9 Å². The first kappa shape index (κ1) is 18.2. The molecule has 1 fully saturated rings. The number of likely N-dealkylation sites (tertiary alicyclic amines) is 1. The first-order chi connectivity index (χ1) is 11.8. The fraction of sp³-hybridized carbons (Fsp3) is 0.375. The zero-order valence-corrected chi connectivity index (χ0v) is 13.8. The van der Waals surface area contributed by atoms with E-state index in [9.17, 15) is 19.2 Å². The Kier molecular flexibility index (Phi) is 5.58. The summed E-state index contributed by atoms with van der Waals surface area (Å²) in [6.45, 7) is 1.37. The number of carboxylic acid groups (broad SMARTS) is 1. The standard InChI is InChI=1S/C16H19N3O6/c1-10(14(21)22)18(2)16(24)19-8-12(13(19)20)17-15(23)25-9-11-6-4-3-5-7-11/h3-7,10,12H,8-9H2,1-2H3,(H,17,23)(H,21,22)/t10-,12?/m0/s1. The zero-order valence-electron chi connectivity index (χ0n) is 13.8. The summed E-state index contributed by atoms with van der Waals surface area (Å²) in [5, 5.41) is 11.3. The summed E-state index contributed by atoms with van der Waals surface area (Å²) in [5.41, 5.74) is 0.804. The second-order valence-corrected chi connectivity index (χ2v) is 5.62. The number of aliphatic carboxylic acids is 1. The number of amides is 4. The number of rotatable bonds is 5. The smallest absolute Gasteiger partial charge is 0.408 e. The molecule has 1 aromatic carbocycles. The molecule has 0 spiro atoms. The van der Waals surface area contributed by atoms with Gasteiger partial charge in [0, 0.05) is 7.05 Å². The summed E-state index contributed by atoms with van der Waals surface area (Å²) < 4.78 is 5.00. The summed E-state index contributed by atoms with van der Waals surface area (Å²) >= 11 is 0. The van der Waals surface area contributed by atoms with Crippen molar-refractivity contribution in [1.82, 2.24) is 15.1 Å².